The van der Waals surface area contributed by atoms with Gasteiger partial charge < -0.3 is 10.4 Å². The van der Waals surface area contributed by atoms with E-state index in [1.807, 2.05) is 0 Å². The predicted molar refractivity (Wildman–Crippen MR) is 72.2 cm³/mol. The molecule has 0 aromatic carbocycles. The molecule has 0 unspecified atom stereocenters. The van der Waals surface area contributed by atoms with E-state index in [9.17, 15) is 9.90 Å². The third-order valence-corrected chi connectivity index (χ3v) is 5.04. The highest BCUT2D eigenvalue weighted by atomic mass is 16.3. The van der Waals surface area contributed by atoms with Gasteiger partial charge in [-0.15, -0.1) is 0 Å². The molecule has 0 aliphatic heterocycles. The van der Waals surface area contributed by atoms with E-state index in [2.05, 4.69) is 19.2 Å². The molecule has 104 valence electrons. The number of aliphatic hydroxyl groups is 1. The van der Waals surface area contributed by atoms with Gasteiger partial charge in [-0.2, -0.15) is 0 Å². The Balaban J connectivity index is 1.82. The first-order chi connectivity index (χ1) is 8.44. The van der Waals surface area contributed by atoms with Crippen LogP contribution in [-0.4, -0.2) is 23.2 Å². The third kappa shape index (κ3) is 3.05. The molecule has 0 bridgehead atoms. The minimum absolute atomic E-state index is 0.145. The smallest absolute Gasteiger partial charge is 0.226 e. The monoisotopic (exact) mass is 253 g/mol. The lowest BCUT2D eigenvalue weighted by Gasteiger charge is -2.36. The van der Waals surface area contributed by atoms with Gasteiger partial charge in [0.05, 0.1) is 5.60 Å². The lowest BCUT2D eigenvalue weighted by molar-refractivity contribution is -0.131. The van der Waals surface area contributed by atoms with E-state index < -0.39 is 5.60 Å². The first-order valence-corrected chi connectivity index (χ1v) is 7.44. The Bertz CT molecular complexity index is 300. The van der Waals surface area contributed by atoms with Crippen molar-refractivity contribution < 1.29 is 9.90 Å². The second-order valence-electron chi connectivity index (χ2n) is 6.86. The van der Waals surface area contributed by atoms with Crippen molar-refractivity contribution in [2.24, 2.45) is 11.3 Å². The zero-order chi connectivity index (χ0) is 13.2. The predicted octanol–water partition coefficient (Wildman–Crippen LogP) is 2.62. The summed E-state index contributed by atoms with van der Waals surface area (Å²) in [6.07, 6.45) is 8.10. The fraction of sp³-hybridized carbons (Fsp3) is 0.933. The number of rotatable bonds is 3. The van der Waals surface area contributed by atoms with E-state index in [0.717, 1.165) is 51.4 Å². The van der Waals surface area contributed by atoms with Crippen LogP contribution >= 0.6 is 0 Å². The Labute approximate surface area is 110 Å². The Hall–Kier alpha value is -0.570. The fourth-order valence-corrected chi connectivity index (χ4v) is 3.32. The van der Waals surface area contributed by atoms with Gasteiger partial charge in [-0.05, 0) is 44.4 Å². The van der Waals surface area contributed by atoms with E-state index >= 15 is 0 Å². The van der Waals surface area contributed by atoms with E-state index in [-0.39, 0.29) is 11.3 Å². The normalized spacial score (nSPS) is 35.4. The molecule has 2 saturated carbocycles. The number of hydrogen-bond donors (Lipinski definition) is 2. The number of nitrogens with one attached hydrogen (secondary N) is 1. The minimum atomic E-state index is -0.656. The number of carbonyl (C=O) groups is 1. The number of amides is 1. The molecule has 2 fully saturated rings. The van der Waals surface area contributed by atoms with Crippen molar-refractivity contribution in [2.75, 3.05) is 6.54 Å². The molecular weight excluding hydrogens is 226 g/mol. The molecule has 0 saturated heterocycles. The van der Waals surface area contributed by atoms with Gasteiger partial charge in [0, 0.05) is 12.0 Å². The molecule has 3 nitrogen and oxygen atoms in total. The van der Waals surface area contributed by atoms with Gasteiger partial charge in [0.2, 0.25) is 5.91 Å². The zero-order valence-corrected chi connectivity index (χ0v) is 11.8. The van der Waals surface area contributed by atoms with Crippen LogP contribution in [0, 0.1) is 11.3 Å². The first-order valence-electron chi connectivity index (χ1n) is 7.44. The summed E-state index contributed by atoms with van der Waals surface area (Å²) >= 11 is 0. The van der Waals surface area contributed by atoms with Crippen molar-refractivity contribution >= 4 is 5.91 Å². The van der Waals surface area contributed by atoms with Gasteiger partial charge in [0.1, 0.15) is 0 Å². The Kier molecular flexibility index (Phi) is 4.00. The van der Waals surface area contributed by atoms with Crippen LogP contribution in [0.25, 0.3) is 0 Å². The third-order valence-electron chi connectivity index (χ3n) is 5.04. The molecule has 2 aliphatic carbocycles. The Morgan fingerprint density at radius 1 is 1.22 bits per heavy atom. The molecule has 0 heterocycles. The highest BCUT2D eigenvalue weighted by Crippen LogP contribution is 2.38. The first kappa shape index (κ1) is 13.9. The molecule has 18 heavy (non-hydrogen) atoms. The summed E-state index contributed by atoms with van der Waals surface area (Å²) in [6, 6.07) is 0. The lowest BCUT2D eigenvalue weighted by Crippen LogP contribution is -2.48. The number of carbonyl (C=O) groups excluding carboxylic acids is 1. The SMILES string of the molecule is CC1CCC(O)(CNC(=O)C2(C)CCCC2)CC1. The lowest BCUT2D eigenvalue weighted by atomic mass is 9.79. The van der Waals surface area contributed by atoms with Crippen molar-refractivity contribution in [3.05, 3.63) is 0 Å². The summed E-state index contributed by atoms with van der Waals surface area (Å²) in [5.74, 6) is 0.861. The maximum Gasteiger partial charge on any atom is 0.226 e. The van der Waals surface area contributed by atoms with Gasteiger partial charge in [0.25, 0.3) is 0 Å². The summed E-state index contributed by atoms with van der Waals surface area (Å²) in [5, 5.41) is 13.5. The molecule has 0 radical (unpaired) electrons. The fourth-order valence-electron chi connectivity index (χ4n) is 3.32. The summed E-state index contributed by atoms with van der Waals surface area (Å²) < 4.78 is 0. The summed E-state index contributed by atoms with van der Waals surface area (Å²) in [4.78, 5) is 12.2. The van der Waals surface area contributed by atoms with Crippen molar-refractivity contribution in [3.63, 3.8) is 0 Å². The van der Waals surface area contributed by atoms with E-state index in [4.69, 9.17) is 0 Å². The van der Waals surface area contributed by atoms with Gasteiger partial charge >= 0.3 is 0 Å². The molecule has 0 spiro atoms. The minimum Gasteiger partial charge on any atom is -0.388 e. The van der Waals surface area contributed by atoms with Gasteiger partial charge in [-0.3, -0.25) is 4.79 Å². The maximum absolute atomic E-state index is 12.2. The quantitative estimate of drug-likeness (QED) is 0.812. The average molecular weight is 253 g/mol. The summed E-state index contributed by atoms with van der Waals surface area (Å²) in [6.45, 7) is 4.73. The van der Waals surface area contributed by atoms with E-state index in [1.54, 1.807) is 0 Å². The highest BCUT2D eigenvalue weighted by molar-refractivity contribution is 5.82. The summed E-state index contributed by atoms with van der Waals surface area (Å²) in [7, 11) is 0. The maximum atomic E-state index is 12.2. The Morgan fingerprint density at radius 3 is 2.33 bits per heavy atom. The van der Waals surface area contributed by atoms with Crippen LogP contribution in [0.3, 0.4) is 0 Å². The van der Waals surface area contributed by atoms with Crippen molar-refractivity contribution in [1.82, 2.24) is 5.32 Å². The van der Waals surface area contributed by atoms with Crippen molar-refractivity contribution in [2.45, 2.75) is 70.8 Å². The second-order valence-corrected chi connectivity index (χ2v) is 6.86. The van der Waals surface area contributed by atoms with Crippen LogP contribution in [0.1, 0.15) is 65.2 Å². The molecule has 0 aromatic heterocycles. The number of hydrogen-bond acceptors (Lipinski definition) is 2. The van der Waals surface area contributed by atoms with Crippen LogP contribution in [0.2, 0.25) is 0 Å². The topological polar surface area (TPSA) is 49.3 Å². The second kappa shape index (κ2) is 5.20. The van der Waals surface area contributed by atoms with Crippen molar-refractivity contribution in [1.29, 1.82) is 0 Å². The van der Waals surface area contributed by atoms with E-state index in [0.29, 0.717) is 12.5 Å². The Morgan fingerprint density at radius 2 is 1.78 bits per heavy atom. The summed E-state index contributed by atoms with van der Waals surface area (Å²) in [5.41, 5.74) is -0.838. The molecular formula is C15H27NO2. The zero-order valence-electron chi connectivity index (χ0n) is 11.8. The average Bonchev–Trinajstić information content (AvgIpc) is 2.79. The van der Waals surface area contributed by atoms with Crippen LogP contribution in [0.15, 0.2) is 0 Å². The van der Waals surface area contributed by atoms with E-state index in [1.165, 1.54) is 0 Å². The van der Waals surface area contributed by atoms with Crippen LogP contribution in [-0.2, 0) is 4.79 Å². The highest BCUT2D eigenvalue weighted by Gasteiger charge is 2.38. The largest absolute Gasteiger partial charge is 0.388 e. The molecule has 1 amide bonds. The molecule has 3 heteroatoms. The van der Waals surface area contributed by atoms with Gasteiger partial charge in [-0.1, -0.05) is 26.7 Å². The van der Waals surface area contributed by atoms with Crippen LogP contribution < -0.4 is 5.32 Å². The van der Waals surface area contributed by atoms with Gasteiger partial charge in [-0.25, -0.2) is 0 Å². The molecule has 0 atom stereocenters. The molecule has 2 aliphatic rings. The molecule has 2 N–H and O–H groups in total. The van der Waals surface area contributed by atoms with Gasteiger partial charge in [0.15, 0.2) is 0 Å². The standard InChI is InChI=1S/C15H27NO2/c1-12-5-9-15(18,10-6-12)11-16-13(17)14(2)7-3-4-8-14/h12,18H,3-11H2,1-2H3,(H,16,17). The molecule has 2 rings (SSSR count). The van der Waals surface area contributed by atoms with Crippen LogP contribution in [0.4, 0.5) is 0 Å². The molecule has 0 aromatic rings. The van der Waals surface area contributed by atoms with Crippen molar-refractivity contribution in [3.8, 4) is 0 Å². The van der Waals surface area contributed by atoms with Crippen LogP contribution in [0.5, 0.6) is 0 Å².